The van der Waals surface area contributed by atoms with Crippen LogP contribution in [-0.2, 0) is 43.1 Å². The molecule has 40 heavy (non-hydrogen) atoms. The van der Waals surface area contributed by atoms with Gasteiger partial charge < -0.3 is 21.0 Å². The number of hydrogen-bond donors (Lipinski definition) is 4. The molecule has 5 N–H and O–H groups in total. The Morgan fingerprint density at radius 3 is 2.58 bits per heavy atom. The first kappa shape index (κ1) is 28.5. The number of nitrogens with two attached hydrogens (primary N) is 1. The minimum Gasteiger partial charge on any atom is -0.478 e. The fourth-order valence-corrected chi connectivity index (χ4v) is 4.95. The van der Waals surface area contributed by atoms with E-state index in [-0.39, 0.29) is 21.7 Å². The number of aromatic nitrogens is 5. The molecule has 4 rings (SSSR count). The third-order valence-electron chi connectivity index (χ3n) is 5.75. The Bertz CT molecular complexity index is 1600. The molecular formula is C21H24N9O8S2+. The second-order valence-electron chi connectivity index (χ2n) is 9.13. The molecule has 0 unspecified atom stereocenters. The number of rotatable bonds is 10. The van der Waals surface area contributed by atoms with Crippen LogP contribution in [0.2, 0.25) is 0 Å². The largest absolute Gasteiger partial charge is 0.478 e. The summed E-state index contributed by atoms with van der Waals surface area (Å²) >= 11 is 0.963. The van der Waals surface area contributed by atoms with Crippen molar-refractivity contribution in [3.05, 3.63) is 41.8 Å². The number of carbonyl (C=O) groups is 3. The summed E-state index contributed by atoms with van der Waals surface area (Å²) in [6.45, 7) is 2.12. The van der Waals surface area contributed by atoms with Gasteiger partial charge in [0.05, 0.1) is 18.8 Å². The number of aryl methyl sites for hydroxylation is 1. The van der Waals surface area contributed by atoms with Gasteiger partial charge in [-0.3, -0.25) is 14.1 Å². The van der Waals surface area contributed by atoms with Crippen molar-refractivity contribution >= 4 is 50.3 Å². The number of thiazole rings is 1. The number of hydrogen-bond acceptors (Lipinski definition) is 12. The van der Waals surface area contributed by atoms with E-state index < -0.39 is 51.5 Å². The number of β-lactam (4-membered cyclic amide) rings is 1. The quantitative estimate of drug-likeness (QED) is 0.0696. The Morgan fingerprint density at radius 1 is 1.32 bits per heavy atom. The summed E-state index contributed by atoms with van der Waals surface area (Å²) in [5.74, 6) is -3.54. The van der Waals surface area contributed by atoms with Gasteiger partial charge in [-0.15, -0.1) is 16.4 Å². The molecule has 4 heterocycles. The van der Waals surface area contributed by atoms with Gasteiger partial charge in [-0.1, -0.05) is 10.4 Å². The first-order valence-corrected chi connectivity index (χ1v) is 13.6. The van der Waals surface area contributed by atoms with Crippen LogP contribution in [-0.4, -0.2) is 83.5 Å². The Hall–Kier alpha value is -4.49. The molecule has 17 nitrogen and oxygen atoms in total. The molecule has 3 aromatic heterocycles. The highest BCUT2D eigenvalue weighted by molar-refractivity contribution is 7.84. The predicted octanol–water partition coefficient (Wildman–Crippen LogP) is -1.41. The highest BCUT2D eigenvalue weighted by Gasteiger charge is 2.54. The summed E-state index contributed by atoms with van der Waals surface area (Å²) in [5, 5.41) is 24.7. The molecule has 0 bridgehead atoms. The molecule has 1 aliphatic rings. The highest BCUT2D eigenvalue weighted by Crippen LogP contribution is 2.26. The van der Waals surface area contributed by atoms with E-state index in [0.717, 1.165) is 16.9 Å². The smallest absolute Gasteiger partial charge is 0.362 e. The van der Waals surface area contributed by atoms with Gasteiger partial charge in [0.15, 0.2) is 23.2 Å². The molecule has 1 saturated heterocycles. The second kappa shape index (κ2) is 10.6. The number of anilines is 1. The lowest BCUT2D eigenvalue weighted by Gasteiger charge is -2.43. The zero-order valence-corrected chi connectivity index (χ0v) is 22.8. The van der Waals surface area contributed by atoms with Crippen molar-refractivity contribution in [1.29, 1.82) is 0 Å². The van der Waals surface area contributed by atoms with Crippen LogP contribution in [0.25, 0.3) is 11.3 Å². The number of amides is 2. The van der Waals surface area contributed by atoms with Crippen LogP contribution in [0.1, 0.15) is 19.5 Å². The van der Waals surface area contributed by atoms with Crippen LogP contribution in [0.3, 0.4) is 0 Å². The van der Waals surface area contributed by atoms with Crippen molar-refractivity contribution < 1.29 is 41.9 Å². The monoisotopic (exact) mass is 594 g/mol. The van der Waals surface area contributed by atoms with E-state index in [9.17, 15) is 32.5 Å². The molecule has 0 radical (unpaired) electrons. The number of oxime groups is 1. The molecule has 1 aliphatic heterocycles. The maximum absolute atomic E-state index is 13.2. The van der Waals surface area contributed by atoms with Gasteiger partial charge in [0.2, 0.25) is 5.60 Å². The zero-order chi connectivity index (χ0) is 29.4. The van der Waals surface area contributed by atoms with Gasteiger partial charge in [0, 0.05) is 23.1 Å². The maximum Gasteiger partial charge on any atom is 0.362 e. The number of carboxylic acids is 1. The lowest BCUT2D eigenvalue weighted by Crippen LogP contribution is -2.73. The molecule has 0 spiro atoms. The molecule has 0 saturated carbocycles. The van der Waals surface area contributed by atoms with Gasteiger partial charge in [-0.05, 0) is 13.8 Å². The first-order chi connectivity index (χ1) is 18.7. The Morgan fingerprint density at radius 2 is 2.00 bits per heavy atom. The molecule has 1 fully saturated rings. The number of aliphatic carboxylic acids is 1. The van der Waals surface area contributed by atoms with Gasteiger partial charge in [0.1, 0.15) is 24.5 Å². The van der Waals surface area contributed by atoms with Gasteiger partial charge >= 0.3 is 16.3 Å². The predicted molar refractivity (Wildman–Crippen MR) is 137 cm³/mol. The van der Waals surface area contributed by atoms with Crippen molar-refractivity contribution in [1.82, 2.24) is 29.6 Å². The minimum atomic E-state index is -4.99. The van der Waals surface area contributed by atoms with Crippen molar-refractivity contribution in [3.63, 3.8) is 0 Å². The minimum absolute atomic E-state index is 0.0669. The Labute approximate surface area is 230 Å². The van der Waals surface area contributed by atoms with E-state index in [2.05, 4.69) is 25.8 Å². The number of nitrogens with one attached hydrogen (secondary N) is 1. The standard InChI is InChI=1S/C21H23N9O8S2/c1-21(2,19(33)34)38-26-15(13-10-39-20(22)23-13)17(31)24-16-14(30(18(16)32)40(35,36)37)9-29-8-12(25-27-29)11-4-6-28(3)7-5-11/h4-8,10,14,16H,9H2,1-3H3,(H4-,22,23,24,31,33,34,35,36,37)/p+1/b26-15+/t14-,16+/m1/s1. The van der Waals surface area contributed by atoms with Crippen molar-refractivity contribution in [3.8, 4) is 11.3 Å². The van der Waals surface area contributed by atoms with E-state index >= 15 is 0 Å². The number of nitrogen functional groups attached to an aromatic ring is 1. The molecule has 0 aliphatic carbocycles. The lowest BCUT2D eigenvalue weighted by molar-refractivity contribution is -0.671. The maximum atomic E-state index is 13.2. The third-order valence-corrected chi connectivity index (χ3v) is 7.37. The van der Waals surface area contributed by atoms with Crippen molar-refractivity contribution in [2.45, 2.75) is 38.1 Å². The Balaban J connectivity index is 1.59. The first-order valence-electron chi connectivity index (χ1n) is 11.4. The average Bonchev–Trinajstić information content (AvgIpc) is 3.51. The van der Waals surface area contributed by atoms with Gasteiger partial charge in [-0.25, -0.2) is 23.3 Å². The van der Waals surface area contributed by atoms with Crippen LogP contribution in [0.15, 0.2) is 41.3 Å². The SMILES string of the molecule is C[n+]1ccc(-c2cn(C[C@@H]3[C@H](NC(=O)/C(=N/OC(C)(C)C(=O)O)c4csc(N)n4)C(=O)N3S(=O)(=O)O)nn2)cc1. The summed E-state index contributed by atoms with van der Waals surface area (Å²) in [6, 6.07) is 0.822. The number of carbonyl (C=O) groups excluding carboxylic acids is 2. The van der Waals surface area contributed by atoms with E-state index in [4.69, 9.17) is 10.6 Å². The van der Waals surface area contributed by atoms with E-state index in [1.54, 1.807) is 24.5 Å². The highest BCUT2D eigenvalue weighted by atomic mass is 32.2. The number of carboxylic acid groups (broad SMARTS) is 1. The number of pyridine rings is 1. The van der Waals surface area contributed by atoms with Crippen LogP contribution in [0.4, 0.5) is 5.13 Å². The van der Waals surface area contributed by atoms with Crippen LogP contribution >= 0.6 is 11.3 Å². The molecule has 2 atom stereocenters. The van der Waals surface area contributed by atoms with Crippen LogP contribution < -0.4 is 15.6 Å². The molecule has 3 aromatic rings. The topological polar surface area (TPSA) is 236 Å². The second-order valence-corrected chi connectivity index (χ2v) is 11.3. The molecule has 19 heteroatoms. The summed E-state index contributed by atoms with van der Waals surface area (Å²) in [4.78, 5) is 46.3. The summed E-state index contributed by atoms with van der Waals surface area (Å²) in [7, 11) is -3.15. The molecular weight excluding hydrogens is 570 g/mol. The molecule has 212 valence electrons. The van der Waals surface area contributed by atoms with E-state index in [1.165, 1.54) is 30.1 Å². The van der Waals surface area contributed by atoms with E-state index in [0.29, 0.717) is 5.69 Å². The molecule has 2 amide bonds. The average molecular weight is 595 g/mol. The van der Waals surface area contributed by atoms with E-state index in [1.807, 2.05) is 11.6 Å². The fourth-order valence-electron chi connectivity index (χ4n) is 3.53. The fraction of sp³-hybridized carbons (Fsp3) is 0.333. The van der Waals surface area contributed by atoms with Crippen LogP contribution in [0.5, 0.6) is 0 Å². The lowest BCUT2D eigenvalue weighted by atomic mass is 9.98. The van der Waals surface area contributed by atoms with Crippen molar-refractivity contribution in [2.75, 3.05) is 5.73 Å². The number of nitrogens with zero attached hydrogens (tertiary/aromatic N) is 7. The molecule has 0 aromatic carbocycles. The van der Waals surface area contributed by atoms with Crippen molar-refractivity contribution in [2.24, 2.45) is 12.2 Å². The van der Waals surface area contributed by atoms with Crippen LogP contribution in [0, 0.1) is 0 Å². The summed E-state index contributed by atoms with van der Waals surface area (Å²) < 4.78 is 36.8. The normalized spacial score (nSPS) is 17.9. The third kappa shape index (κ3) is 5.90. The Kier molecular flexibility index (Phi) is 7.55. The summed E-state index contributed by atoms with van der Waals surface area (Å²) in [6.07, 6.45) is 5.09. The van der Waals surface area contributed by atoms with Gasteiger partial charge in [-0.2, -0.15) is 8.42 Å². The van der Waals surface area contributed by atoms with Gasteiger partial charge in [0.25, 0.3) is 11.8 Å². The summed E-state index contributed by atoms with van der Waals surface area (Å²) in [5.41, 5.74) is 4.41. The zero-order valence-electron chi connectivity index (χ0n) is 21.2.